The van der Waals surface area contributed by atoms with Crippen LogP contribution in [0, 0.1) is 12.3 Å². The number of terminal acetylenes is 1. The van der Waals surface area contributed by atoms with Crippen LogP contribution in [0.3, 0.4) is 0 Å². The van der Waals surface area contributed by atoms with Crippen LogP contribution in [0.5, 0.6) is 0 Å². The van der Waals surface area contributed by atoms with Crippen molar-refractivity contribution in [3.05, 3.63) is 35.4 Å². The molecule has 0 aliphatic heterocycles. The molecule has 2 atom stereocenters. The molecule has 0 aromatic heterocycles. The molecular formula is C24H33N3O7. The lowest BCUT2D eigenvalue weighted by molar-refractivity contribution is -0.145. The molecule has 1 aromatic carbocycles. The molecule has 0 aliphatic carbocycles. The second-order valence-corrected chi connectivity index (χ2v) is 8.38. The van der Waals surface area contributed by atoms with E-state index in [-0.39, 0.29) is 6.54 Å². The molecule has 0 saturated carbocycles. The predicted octanol–water partition coefficient (Wildman–Crippen LogP) is 1.12. The van der Waals surface area contributed by atoms with Crippen LogP contribution in [0.15, 0.2) is 24.3 Å². The van der Waals surface area contributed by atoms with Crippen molar-refractivity contribution in [2.45, 2.75) is 51.8 Å². The monoisotopic (exact) mass is 475 g/mol. The minimum absolute atomic E-state index is 0.124. The van der Waals surface area contributed by atoms with Crippen molar-refractivity contribution in [2.75, 3.05) is 26.8 Å². The van der Waals surface area contributed by atoms with Gasteiger partial charge in [-0.1, -0.05) is 25.0 Å². The van der Waals surface area contributed by atoms with Crippen LogP contribution >= 0.6 is 0 Å². The zero-order chi connectivity index (χ0) is 25.9. The summed E-state index contributed by atoms with van der Waals surface area (Å²) in [6.45, 7) is 5.79. The largest absolute Gasteiger partial charge is 0.468 e. The molecule has 10 heteroatoms. The summed E-state index contributed by atoms with van der Waals surface area (Å²) in [5, 5.41) is 14.6. The number of nitrogens with one attached hydrogen (secondary N) is 2. The molecule has 1 aromatic rings. The summed E-state index contributed by atoms with van der Waals surface area (Å²) in [4.78, 5) is 51.5. The molecule has 0 radical (unpaired) electrons. The molecule has 0 saturated heterocycles. The van der Waals surface area contributed by atoms with Gasteiger partial charge in [0, 0.05) is 12.1 Å². The van der Waals surface area contributed by atoms with Gasteiger partial charge in [-0.25, -0.2) is 4.79 Å². The van der Waals surface area contributed by atoms with Gasteiger partial charge in [-0.15, -0.1) is 6.42 Å². The number of hydrogen-bond donors (Lipinski definition) is 3. The first-order valence-electron chi connectivity index (χ1n) is 10.8. The van der Waals surface area contributed by atoms with Crippen molar-refractivity contribution in [3.63, 3.8) is 0 Å². The lowest BCUT2D eigenvalue weighted by atomic mass is 10.0. The maximum Gasteiger partial charge on any atom is 0.408 e. The Morgan fingerprint density at radius 1 is 1.18 bits per heavy atom. The summed E-state index contributed by atoms with van der Waals surface area (Å²) in [5.41, 5.74) is 0.188. The molecule has 0 bridgehead atoms. The average molecular weight is 476 g/mol. The quantitative estimate of drug-likeness (QED) is 0.341. The van der Waals surface area contributed by atoms with Gasteiger partial charge in [0.15, 0.2) is 0 Å². The normalized spacial score (nSPS) is 12.5. The van der Waals surface area contributed by atoms with Gasteiger partial charge in [0.05, 0.1) is 13.7 Å². The number of aliphatic hydroxyl groups is 1. The van der Waals surface area contributed by atoms with E-state index < -0.39 is 54.7 Å². The van der Waals surface area contributed by atoms with Gasteiger partial charge in [0.1, 0.15) is 24.2 Å². The van der Waals surface area contributed by atoms with E-state index in [0.717, 1.165) is 0 Å². The van der Waals surface area contributed by atoms with Crippen LogP contribution in [0.4, 0.5) is 4.79 Å². The number of esters is 1. The Balaban J connectivity index is 3.33. The van der Waals surface area contributed by atoms with Gasteiger partial charge in [-0.3, -0.25) is 14.4 Å². The van der Waals surface area contributed by atoms with Gasteiger partial charge in [0.25, 0.3) is 0 Å². The summed E-state index contributed by atoms with van der Waals surface area (Å²) in [7, 11) is 1.19. The van der Waals surface area contributed by atoms with E-state index in [2.05, 4.69) is 21.3 Å². The van der Waals surface area contributed by atoms with Crippen molar-refractivity contribution >= 4 is 23.9 Å². The molecular weight excluding hydrogens is 442 g/mol. The van der Waals surface area contributed by atoms with E-state index in [4.69, 9.17) is 11.2 Å². The Kier molecular flexibility index (Phi) is 11.1. The highest BCUT2D eigenvalue weighted by Crippen LogP contribution is 2.23. The van der Waals surface area contributed by atoms with E-state index in [0.29, 0.717) is 17.5 Å². The number of aliphatic hydroxyl groups excluding tert-OH is 1. The molecule has 186 valence electrons. The third-order valence-corrected chi connectivity index (χ3v) is 4.51. The van der Waals surface area contributed by atoms with Crippen molar-refractivity contribution < 1.29 is 33.8 Å². The highest BCUT2D eigenvalue weighted by atomic mass is 16.6. The lowest BCUT2D eigenvalue weighted by Crippen LogP contribution is -2.54. The van der Waals surface area contributed by atoms with E-state index in [1.165, 1.54) is 12.0 Å². The third kappa shape index (κ3) is 8.75. The first-order chi connectivity index (χ1) is 16.0. The number of nitrogens with zero attached hydrogens (tertiary/aromatic N) is 1. The summed E-state index contributed by atoms with van der Waals surface area (Å²) in [6.07, 6.45) is 4.99. The highest BCUT2D eigenvalue weighted by molar-refractivity contribution is 5.93. The Labute approximate surface area is 200 Å². The van der Waals surface area contributed by atoms with Gasteiger partial charge in [0.2, 0.25) is 11.8 Å². The van der Waals surface area contributed by atoms with Crippen LogP contribution in [-0.2, 0) is 23.9 Å². The summed E-state index contributed by atoms with van der Waals surface area (Å²) < 4.78 is 9.73. The average Bonchev–Trinajstić information content (AvgIpc) is 2.79. The van der Waals surface area contributed by atoms with Gasteiger partial charge in [-0.2, -0.15) is 0 Å². The number of carbonyl (C=O) groups is 4. The minimum Gasteiger partial charge on any atom is -0.468 e. The molecule has 10 nitrogen and oxygen atoms in total. The van der Waals surface area contributed by atoms with Crippen molar-refractivity contribution in [2.24, 2.45) is 0 Å². The Bertz CT molecular complexity index is 901. The van der Waals surface area contributed by atoms with Crippen LogP contribution in [0.1, 0.15) is 51.3 Å². The fourth-order valence-corrected chi connectivity index (χ4v) is 3.01. The number of hydrogen-bond acceptors (Lipinski definition) is 7. The van der Waals surface area contributed by atoms with Gasteiger partial charge in [-0.05, 0) is 44.9 Å². The molecule has 0 fully saturated rings. The molecule has 0 aliphatic rings. The fourth-order valence-electron chi connectivity index (χ4n) is 3.01. The van der Waals surface area contributed by atoms with Crippen LogP contribution in [0.25, 0.3) is 0 Å². The van der Waals surface area contributed by atoms with Crippen molar-refractivity contribution in [1.29, 1.82) is 0 Å². The highest BCUT2D eigenvalue weighted by Gasteiger charge is 2.35. The Hall–Kier alpha value is -3.58. The second-order valence-electron chi connectivity index (χ2n) is 8.38. The standard InChI is InChI=1S/C24H33N3O7/c1-7-13-27(22(31)18(15-28)26-23(32)34-24(3,4)5)20(21(30)25-14-19(29)33-6)17-11-9-16(8-2)10-12-17/h2,9-12,18,20,28H,7,13-15H2,1,3-6H3,(H,25,30)(H,26,32). The zero-order valence-corrected chi connectivity index (χ0v) is 20.2. The molecule has 2 unspecified atom stereocenters. The number of amides is 3. The van der Waals surface area contributed by atoms with Crippen molar-refractivity contribution in [3.8, 4) is 12.3 Å². The topological polar surface area (TPSA) is 134 Å². The SMILES string of the molecule is C#Cc1ccc(C(C(=O)NCC(=O)OC)N(CCC)C(=O)C(CO)NC(=O)OC(C)(C)C)cc1. The van der Waals surface area contributed by atoms with Crippen LogP contribution < -0.4 is 10.6 Å². The molecule has 0 spiro atoms. The number of methoxy groups -OCH3 is 1. The third-order valence-electron chi connectivity index (χ3n) is 4.51. The Morgan fingerprint density at radius 2 is 1.79 bits per heavy atom. The van der Waals surface area contributed by atoms with E-state index >= 15 is 0 Å². The first-order valence-corrected chi connectivity index (χ1v) is 10.8. The number of benzene rings is 1. The minimum atomic E-state index is -1.36. The Morgan fingerprint density at radius 3 is 2.26 bits per heavy atom. The maximum absolute atomic E-state index is 13.4. The molecule has 34 heavy (non-hydrogen) atoms. The van der Waals surface area contributed by atoms with Gasteiger partial charge >= 0.3 is 12.1 Å². The number of alkyl carbamates (subject to hydrolysis) is 1. The van der Waals surface area contributed by atoms with Crippen LogP contribution in [0.2, 0.25) is 0 Å². The molecule has 3 amide bonds. The van der Waals surface area contributed by atoms with E-state index in [1.54, 1.807) is 52.0 Å². The predicted molar refractivity (Wildman–Crippen MR) is 124 cm³/mol. The number of ether oxygens (including phenoxy) is 2. The summed E-state index contributed by atoms with van der Waals surface area (Å²) in [5.74, 6) is 0.471. The van der Waals surface area contributed by atoms with Crippen LogP contribution in [-0.4, -0.2) is 72.3 Å². The van der Waals surface area contributed by atoms with Gasteiger partial charge < -0.3 is 30.1 Å². The molecule has 1 rings (SSSR count). The van der Waals surface area contributed by atoms with E-state index in [1.807, 2.05) is 0 Å². The summed E-state index contributed by atoms with van der Waals surface area (Å²) >= 11 is 0. The van der Waals surface area contributed by atoms with Crippen molar-refractivity contribution in [1.82, 2.24) is 15.5 Å². The van der Waals surface area contributed by atoms with E-state index in [9.17, 15) is 24.3 Å². The molecule has 3 N–H and O–H groups in total. The lowest BCUT2D eigenvalue weighted by Gasteiger charge is -2.33. The summed E-state index contributed by atoms with van der Waals surface area (Å²) in [6, 6.07) is 3.91. The number of carbonyl (C=O) groups excluding carboxylic acids is 4. The smallest absolute Gasteiger partial charge is 0.408 e. The maximum atomic E-state index is 13.4. The second kappa shape index (κ2) is 13.2. The number of rotatable bonds is 10. The molecule has 0 heterocycles. The zero-order valence-electron chi connectivity index (χ0n) is 20.2. The first kappa shape index (κ1) is 28.5. The fraction of sp³-hybridized carbons (Fsp3) is 0.500.